The van der Waals surface area contributed by atoms with Crippen LogP contribution in [0.5, 0.6) is 23.0 Å². The van der Waals surface area contributed by atoms with Crippen LogP contribution in [0.1, 0.15) is 31.7 Å². The number of carbonyl (C=O) groups is 1. The fourth-order valence-electron chi connectivity index (χ4n) is 4.12. The molecule has 178 valence electrons. The third-order valence-electron chi connectivity index (χ3n) is 6.08. The van der Waals surface area contributed by atoms with Crippen LogP contribution in [-0.2, 0) is 10.5 Å². The van der Waals surface area contributed by atoms with Gasteiger partial charge in [0.25, 0.3) is 5.91 Å². The van der Waals surface area contributed by atoms with Crippen LogP contribution < -0.4 is 24.3 Å². The predicted molar refractivity (Wildman–Crippen MR) is 123 cm³/mol. The molecule has 1 saturated heterocycles. The van der Waals surface area contributed by atoms with Crippen LogP contribution in [0.2, 0.25) is 0 Å². The number of rotatable bonds is 9. The Bertz CT molecular complexity index is 944. The molecule has 2 atom stereocenters. The quantitative estimate of drug-likeness (QED) is 0.561. The second kappa shape index (κ2) is 10.3. The van der Waals surface area contributed by atoms with Gasteiger partial charge < -0.3 is 34.3 Å². The zero-order valence-electron chi connectivity index (χ0n) is 19.2. The van der Waals surface area contributed by atoms with Crippen LogP contribution in [0.25, 0.3) is 0 Å². The van der Waals surface area contributed by atoms with Crippen molar-refractivity contribution in [2.75, 3.05) is 40.0 Å². The highest BCUT2D eigenvalue weighted by atomic mass is 16.6. The molecule has 2 N–H and O–H groups in total. The highest BCUT2D eigenvalue weighted by Crippen LogP contribution is 2.35. The van der Waals surface area contributed by atoms with Gasteiger partial charge in [0.05, 0.1) is 7.11 Å². The number of aliphatic hydroxyl groups is 1. The standard InChI is InChI=1S/C25H32N2O6/c1-18(33-21-8-6-20(30-2)7-9-21)24(28)26-25(29,11-14-27-12-3-4-13-27)19-5-10-22-23(17-19)32-16-15-31-22/h5-10,17-18,29H,3-4,11-16H2,1-2H3,(H,26,28)/t18-,25+/m0/s1. The molecule has 0 radical (unpaired) electrons. The number of nitrogens with one attached hydrogen (secondary N) is 1. The summed E-state index contributed by atoms with van der Waals surface area (Å²) in [6.45, 7) is 5.26. The Hall–Kier alpha value is -2.97. The van der Waals surface area contributed by atoms with Gasteiger partial charge >= 0.3 is 0 Å². The van der Waals surface area contributed by atoms with E-state index >= 15 is 0 Å². The highest BCUT2D eigenvalue weighted by molar-refractivity contribution is 5.81. The van der Waals surface area contributed by atoms with Crippen molar-refractivity contribution in [3.8, 4) is 23.0 Å². The minimum atomic E-state index is -1.58. The van der Waals surface area contributed by atoms with Crippen molar-refractivity contribution in [2.45, 2.75) is 38.0 Å². The molecule has 1 fully saturated rings. The first-order valence-corrected chi connectivity index (χ1v) is 11.4. The predicted octanol–water partition coefficient (Wildman–Crippen LogP) is 2.68. The van der Waals surface area contributed by atoms with Crippen molar-refractivity contribution in [2.24, 2.45) is 0 Å². The topological polar surface area (TPSA) is 89.5 Å². The highest BCUT2D eigenvalue weighted by Gasteiger charge is 2.35. The van der Waals surface area contributed by atoms with E-state index in [0.29, 0.717) is 54.7 Å². The molecule has 2 aliphatic heterocycles. The summed E-state index contributed by atoms with van der Waals surface area (Å²) in [5.41, 5.74) is -1.02. The van der Waals surface area contributed by atoms with Crippen LogP contribution in [0.3, 0.4) is 0 Å². The summed E-state index contributed by atoms with van der Waals surface area (Å²) >= 11 is 0. The van der Waals surface area contributed by atoms with Crippen LogP contribution in [0, 0.1) is 0 Å². The summed E-state index contributed by atoms with van der Waals surface area (Å²) in [4.78, 5) is 15.4. The molecular weight excluding hydrogens is 424 g/mol. The summed E-state index contributed by atoms with van der Waals surface area (Å²) in [5, 5.41) is 14.5. The zero-order valence-corrected chi connectivity index (χ0v) is 19.2. The van der Waals surface area contributed by atoms with Gasteiger partial charge in [0.2, 0.25) is 0 Å². The fraction of sp³-hybridized carbons (Fsp3) is 0.480. The van der Waals surface area contributed by atoms with Crippen molar-refractivity contribution < 1.29 is 28.8 Å². The summed E-state index contributed by atoms with van der Waals surface area (Å²) < 4.78 is 22.2. The van der Waals surface area contributed by atoms with Crippen molar-refractivity contribution in [3.63, 3.8) is 0 Å². The molecule has 2 aromatic rings. The summed E-state index contributed by atoms with van der Waals surface area (Å²) in [6, 6.07) is 12.3. The van der Waals surface area contributed by atoms with Gasteiger partial charge in [-0.3, -0.25) is 4.79 Å². The number of carbonyl (C=O) groups excluding carboxylic acids is 1. The Morgan fingerprint density at radius 3 is 2.45 bits per heavy atom. The molecular formula is C25H32N2O6. The molecule has 2 aliphatic rings. The van der Waals surface area contributed by atoms with Crippen LogP contribution in [0.15, 0.2) is 42.5 Å². The van der Waals surface area contributed by atoms with Crippen LogP contribution in [0.4, 0.5) is 0 Å². The summed E-state index contributed by atoms with van der Waals surface area (Å²) in [6.07, 6.45) is 1.84. The number of nitrogens with zero attached hydrogens (tertiary/aromatic N) is 1. The second-order valence-corrected chi connectivity index (χ2v) is 8.44. The minimum absolute atomic E-state index is 0.341. The van der Waals surface area contributed by atoms with Crippen LogP contribution >= 0.6 is 0 Å². The number of ether oxygens (including phenoxy) is 4. The molecule has 2 heterocycles. The lowest BCUT2D eigenvalue weighted by Gasteiger charge is -2.33. The molecule has 0 aliphatic carbocycles. The van der Waals surface area contributed by atoms with Crippen molar-refractivity contribution in [1.29, 1.82) is 0 Å². The van der Waals surface area contributed by atoms with E-state index in [9.17, 15) is 9.90 Å². The Balaban J connectivity index is 1.49. The smallest absolute Gasteiger partial charge is 0.263 e. The summed E-state index contributed by atoms with van der Waals surface area (Å²) in [5.74, 6) is 2.03. The van der Waals surface area contributed by atoms with E-state index in [0.717, 1.165) is 25.9 Å². The van der Waals surface area contributed by atoms with Crippen molar-refractivity contribution in [3.05, 3.63) is 48.0 Å². The number of hydrogen-bond acceptors (Lipinski definition) is 7. The number of benzene rings is 2. The second-order valence-electron chi connectivity index (χ2n) is 8.44. The minimum Gasteiger partial charge on any atom is -0.497 e. The lowest BCUT2D eigenvalue weighted by molar-refractivity contribution is -0.136. The molecule has 8 heteroatoms. The molecule has 0 spiro atoms. The maximum absolute atomic E-state index is 13.1. The van der Waals surface area contributed by atoms with Gasteiger partial charge in [0.1, 0.15) is 24.7 Å². The van der Waals surface area contributed by atoms with Gasteiger partial charge in [0.15, 0.2) is 23.3 Å². The van der Waals surface area contributed by atoms with Crippen molar-refractivity contribution >= 4 is 5.91 Å². The molecule has 0 bridgehead atoms. The Kier molecular flexibility index (Phi) is 7.25. The van der Waals surface area contributed by atoms with Gasteiger partial charge in [-0.2, -0.15) is 0 Å². The first-order chi connectivity index (χ1) is 16.0. The average molecular weight is 457 g/mol. The number of likely N-dealkylation sites (tertiary alicyclic amines) is 1. The van der Waals surface area contributed by atoms with E-state index < -0.39 is 17.7 Å². The number of methoxy groups -OCH3 is 1. The monoisotopic (exact) mass is 456 g/mol. The Morgan fingerprint density at radius 1 is 1.09 bits per heavy atom. The molecule has 2 aromatic carbocycles. The lowest BCUT2D eigenvalue weighted by atomic mass is 9.97. The van der Waals surface area contributed by atoms with E-state index in [-0.39, 0.29) is 0 Å². The Labute approximate surface area is 194 Å². The maximum atomic E-state index is 13.1. The van der Waals surface area contributed by atoms with E-state index in [2.05, 4.69) is 10.2 Å². The van der Waals surface area contributed by atoms with E-state index in [1.54, 1.807) is 56.5 Å². The van der Waals surface area contributed by atoms with Gasteiger partial charge in [-0.05, 0) is 69.3 Å². The van der Waals surface area contributed by atoms with Gasteiger partial charge in [-0.25, -0.2) is 0 Å². The number of amides is 1. The van der Waals surface area contributed by atoms with Crippen LogP contribution in [-0.4, -0.2) is 62.0 Å². The number of fused-ring (bicyclic) bond motifs is 1. The SMILES string of the molecule is COc1ccc(O[C@@H](C)C(=O)N[C@@](O)(CCN2CCCC2)c2ccc3c(c2)OCCO3)cc1. The van der Waals surface area contributed by atoms with E-state index in [1.165, 1.54) is 0 Å². The maximum Gasteiger partial charge on any atom is 0.263 e. The normalized spacial score (nSPS) is 18.3. The molecule has 1 amide bonds. The lowest BCUT2D eigenvalue weighted by Crippen LogP contribution is -2.51. The van der Waals surface area contributed by atoms with E-state index in [1.807, 2.05) is 0 Å². The van der Waals surface area contributed by atoms with Gasteiger partial charge in [0, 0.05) is 18.5 Å². The zero-order chi connectivity index (χ0) is 23.3. The molecule has 4 rings (SSSR count). The summed E-state index contributed by atoms with van der Waals surface area (Å²) in [7, 11) is 1.59. The molecule has 0 saturated carbocycles. The largest absolute Gasteiger partial charge is 0.497 e. The third kappa shape index (κ3) is 5.69. The molecule has 0 unspecified atom stereocenters. The van der Waals surface area contributed by atoms with Crippen molar-refractivity contribution in [1.82, 2.24) is 10.2 Å². The average Bonchev–Trinajstić information content (AvgIpc) is 3.37. The molecule has 8 nitrogen and oxygen atoms in total. The number of hydrogen-bond donors (Lipinski definition) is 2. The molecule has 0 aromatic heterocycles. The van der Waals surface area contributed by atoms with Gasteiger partial charge in [-0.15, -0.1) is 0 Å². The third-order valence-corrected chi connectivity index (χ3v) is 6.08. The first-order valence-electron chi connectivity index (χ1n) is 11.4. The van der Waals surface area contributed by atoms with Gasteiger partial charge in [-0.1, -0.05) is 6.07 Å². The first kappa shape index (κ1) is 23.2. The van der Waals surface area contributed by atoms with E-state index in [4.69, 9.17) is 18.9 Å². The fourth-order valence-corrected chi connectivity index (χ4v) is 4.12. The molecule has 33 heavy (non-hydrogen) atoms. The Morgan fingerprint density at radius 2 is 1.76 bits per heavy atom.